The highest BCUT2D eigenvalue weighted by Gasteiger charge is 2.56. The van der Waals surface area contributed by atoms with E-state index in [1.807, 2.05) is 0 Å². The highest BCUT2D eigenvalue weighted by Crippen LogP contribution is 2.55. The number of ether oxygens (including phenoxy) is 1. The van der Waals surface area contributed by atoms with Crippen molar-refractivity contribution in [2.24, 2.45) is 13.0 Å². The average molecular weight is 309 g/mol. The molecule has 0 bridgehead atoms. The van der Waals surface area contributed by atoms with Crippen LogP contribution >= 0.6 is 0 Å². The lowest BCUT2D eigenvalue weighted by molar-refractivity contribution is -0.124. The Hall–Kier alpha value is -2.03. The first-order valence-corrected chi connectivity index (χ1v) is 8.45. The molecule has 1 saturated carbocycles. The average Bonchev–Trinajstić information content (AvgIpc) is 3.03. The molecule has 3 heteroatoms. The molecule has 1 aromatic carbocycles. The zero-order chi connectivity index (χ0) is 16.2. The smallest absolute Gasteiger partial charge is 0.208 e. The summed E-state index contributed by atoms with van der Waals surface area (Å²) < 4.78 is 7.67. The predicted molar refractivity (Wildman–Crippen MR) is 91.3 cm³/mol. The number of carbonyl (C=O) groups excluding carboxylic acids is 1. The molecule has 0 saturated heterocycles. The minimum atomic E-state index is -0.422. The number of fused-ring (bicyclic) bond motifs is 2. The lowest BCUT2D eigenvalue weighted by Gasteiger charge is -2.38. The number of hydrogen-bond acceptors (Lipinski definition) is 2. The predicted octanol–water partition coefficient (Wildman–Crippen LogP) is 4.11. The number of aryl methyl sites for hydroxylation is 1. The fourth-order valence-electron chi connectivity index (χ4n) is 4.97. The maximum Gasteiger partial charge on any atom is 0.208 e. The second-order valence-corrected chi connectivity index (χ2v) is 6.99. The van der Waals surface area contributed by atoms with Crippen LogP contribution in [0.1, 0.15) is 38.2 Å². The van der Waals surface area contributed by atoms with Crippen LogP contribution in [0.5, 0.6) is 0 Å². The van der Waals surface area contributed by atoms with E-state index in [1.54, 1.807) is 7.11 Å². The topological polar surface area (TPSA) is 31.2 Å². The summed E-state index contributed by atoms with van der Waals surface area (Å²) in [7, 11) is 3.70. The van der Waals surface area contributed by atoms with Gasteiger partial charge in [-0.05, 0) is 37.0 Å². The van der Waals surface area contributed by atoms with E-state index < -0.39 is 5.41 Å². The van der Waals surface area contributed by atoms with E-state index in [-0.39, 0.29) is 11.7 Å². The van der Waals surface area contributed by atoms with E-state index in [0.717, 1.165) is 24.8 Å². The molecule has 0 amide bonds. The van der Waals surface area contributed by atoms with Crippen molar-refractivity contribution < 1.29 is 9.53 Å². The van der Waals surface area contributed by atoms with Crippen LogP contribution < -0.4 is 0 Å². The van der Waals surface area contributed by atoms with Crippen LogP contribution in [0.15, 0.2) is 41.8 Å². The standard InChI is InChI=1S/C20H23NO2/c1-13-15-9-6-7-11-20(15,19(22)18(13)23-3)16-12-21(2)17-10-5-4-8-14(16)17/h4-5,8,10,12,15H,6-7,9,11H2,1-3H3/t15-,20-/m1/s1. The van der Waals surface area contributed by atoms with Crippen LogP contribution in [-0.2, 0) is 22.0 Å². The molecular weight excluding hydrogens is 286 g/mol. The minimum absolute atomic E-state index is 0.193. The largest absolute Gasteiger partial charge is 0.493 e. The van der Waals surface area contributed by atoms with Crippen molar-refractivity contribution in [1.29, 1.82) is 0 Å². The summed E-state index contributed by atoms with van der Waals surface area (Å²) in [5.74, 6) is 1.08. The van der Waals surface area contributed by atoms with E-state index in [2.05, 4.69) is 49.0 Å². The monoisotopic (exact) mass is 309 g/mol. The number of ketones is 1. The summed E-state index contributed by atoms with van der Waals surface area (Å²) in [5.41, 5.74) is 3.11. The molecule has 0 aliphatic heterocycles. The van der Waals surface area contributed by atoms with Crippen LogP contribution in [0.4, 0.5) is 0 Å². The minimum Gasteiger partial charge on any atom is -0.493 e. The number of allylic oxidation sites excluding steroid dienone is 2. The maximum absolute atomic E-state index is 13.4. The van der Waals surface area contributed by atoms with Gasteiger partial charge in [0.2, 0.25) is 5.78 Å². The molecule has 2 aliphatic carbocycles. The normalized spacial score (nSPS) is 27.6. The van der Waals surface area contributed by atoms with Gasteiger partial charge in [0.1, 0.15) is 0 Å². The molecular formula is C20H23NO2. The molecule has 2 aliphatic rings. The summed E-state index contributed by atoms with van der Waals surface area (Å²) in [6, 6.07) is 8.41. The van der Waals surface area contributed by atoms with Gasteiger partial charge in [0.25, 0.3) is 0 Å². The third-order valence-corrected chi connectivity index (χ3v) is 5.98. The molecule has 2 aromatic rings. The Morgan fingerprint density at radius 3 is 2.83 bits per heavy atom. The number of hydrogen-bond donors (Lipinski definition) is 0. The fraction of sp³-hybridized carbons (Fsp3) is 0.450. The molecule has 1 fully saturated rings. The Morgan fingerprint density at radius 2 is 2.04 bits per heavy atom. The number of nitrogens with zero attached hydrogens (tertiary/aromatic N) is 1. The lowest BCUT2D eigenvalue weighted by Crippen LogP contribution is -2.41. The SMILES string of the molecule is COC1=C(C)[C@H]2CCCC[C@@]2(c2cn(C)c3ccccc23)C1=O. The first kappa shape index (κ1) is 14.6. The van der Waals surface area contributed by atoms with Gasteiger partial charge in [-0.3, -0.25) is 4.79 Å². The second kappa shape index (κ2) is 4.98. The van der Waals surface area contributed by atoms with Gasteiger partial charge in [-0.1, -0.05) is 31.0 Å². The van der Waals surface area contributed by atoms with Gasteiger partial charge < -0.3 is 9.30 Å². The quantitative estimate of drug-likeness (QED) is 0.836. The Labute approximate surface area is 136 Å². The zero-order valence-electron chi connectivity index (χ0n) is 14.1. The van der Waals surface area contributed by atoms with Gasteiger partial charge in [-0.2, -0.15) is 0 Å². The molecule has 1 aromatic heterocycles. The highest BCUT2D eigenvalue weighted by molar-refractivity contribution is 6.08. The Balaban J connectivity index is 1.99. The van der Waals surface area contributed by atoms with Crippen LogP contribution in [0.25, 0.3) is 10.9 Å². The Morgan fingerprint density at radius 1 is 1.26 bits per heavy atom. The van der Waals surface area contributed by atoms with Crippen LogP contribution in [0.2, 0.25) is 0 Å². The highest BCUT2D eigenvalue weighted by atomic mass is 16.5. The Bertz CT molecular complexity index is 829. The van der Waals surface area contributed by atoms with Crippen LogP contribution in [0, 0.1) is 5.92 Å². The van der Waals surface area contributed by atoms with Gasteiger partial charge in [0.05, 0.1) is 12.5 Å². The molecule has 4 rings (SSSR count). The molecule has 23 heavy (non-hydrogen) atoms. The van der Waals surface area contributed by atoms with E-state index in [1.165, 1.54) is 22.9 Å². The van der Waals surface area contributed by atoms with Crippen molar-refractivity contribution in [3.05, 3.63) is 47.4 Å². The van der Waals surface area contributed by atoms with Crippen molar-refractivity contribution in [2.45, 2.75) is 38.0 Å². The molecule has 0 unspecified atom stereocenters. The van der Waals surface area contributed by atoms with Gasteiger partial charge in [-0.15, -0.1) is 0 Å². The van der Waals surface area contributed by atoms with Crippen molar-refractivity contribution in [3.8, 4) is 0 Å². The molecule has 2 atom stereocenters. The third-order valence-electron chi connectivity index (χ3n) is 5.98. The molecule has 0 spiro atoms. The fourth-order valence-corrected chi connectivity index (χ4v) is 4.97. The van der Waals surface area contributed by atoms with E-state index in [9.17, 15) is 4.79 Å². The molecule has 0 N–H and O–H groups in total. The van der Waals surface area contributed by atoms with Gasteiger partial charge >= 0.3 is 0 Å². The van der Waals surface area contributed by atoms with Gasteiger partial charge in [0, 0.05) is 30.1 Å². The number of benzene rings is 1. The summed E-state index contributed by atoms with van der Waals surface area (Å²) >= 11 is 0. The summed E-state index contributed by atoms with van der Waals surface area (Å²) in [4.78, 5) is 13.4. The summed E-state index contributed by atoms with van der Waals surface area (Å²) in [5, 5.41) is 1.21. The number of Topliss-reactive ketones (excluding diaryl/α,β-unsaturated/α-hetero) is 1. The number of aromatic nitrogens is 1. The molecule has 120 valence electrons. The van der Waals surface area contributed by atoms with Crippen LogP contribution in [-0.4, -0.2) is 17.5 Å². The molecule has 3 nitrogen and oxygen atoms in total. The zero-order valence-corrected chi connectivity index (χ0v) is 14.1. The van der Waals surface area contributed by atoms with Crippen molar-refractivity contribution in [2.75, 3.05) is 7.11 Å². The van der Waals surface area contributed by atoms with Gasteiger partial charge in [-0.25, -0.2) is 0 Å². The molecule has 0 radical (unpaired) electrons. The van der Waals surface area contributed by atoms with Crippen LogP contribution in [0.3, 0.4) is 0 Å². The molecule has 1 heterocycles. The number of carbonyl (C=O) groups is 1. The van der Waals surface area contributed by atoms with Crippen molar-refractivity contribution in [1.82, 2.24) is 4.57 Å². The van der Waals surface area contributed by atoms with Crippen molar-refractivity contribution >= 4 is 16.7 Å². The number of methoxy groups -OCH3 is 1. The second-order valence-electron chi connectivity index (χ2n) is 6.99. The number of rotatable bonds is 2. The Kier molecular flexibility index (Phi) is 3.15. The van der Waals surface area contributed by atoms with E-state index >= 15 is 0 Å². The first-order chi connectivity index (χ1) is 11.1. The third kappa shape index (κ3) is 1.73. The maximum atomic E-state index is 13.4. The first-order valence-electron chi connectivity index (χ1n) is 8.45. The van der Waals surface area contributed by atoms with E-state index in [4.69, 9.17) is 4.74 Å². The summed E-state index contributed by atoms with van der Waals surface area (Å²) in [6.07, 6.45) is 6.48. The van der Waals surface area contributed by atoms with Gasteiger partial charge in [0.15, 0.2) is 5.76 Å². The summed E-state index contributed by atoms with van der Waals surface area (Å²) in [6.45, 7) is 2.08. The van der Waals surface area contributed by atoms with E-state index in [0.29, 0.717) is 5.76 Å². The lowest BCUT2D eigenvalue weighted by atomic mass is 9.62. The number of para-hydroxylation sites is 1. The van der Waals surface area contributed by atoms with Crippen molar-refractivity contribution in [3.63, 3.8) is 0 Å².